The quantitative estimate of drug-likeness (QED) is 0.897. The Hall–Kier alpha value is -2.34. The highest BCUT2D eigenvalue weighted by atomic mass is 16.2. The molecule has 0 spiro atoms. The first-order chi connectivity index (χ1) is 13.2. The fourth-order valence-electron chi connectivity index (χ4n) is 4.31. The van der Waals surface area contributed by atoms with E-state index in [0.717, 1.165) is 44.6 Å². The Labute approximate surface area is 161 Å². The zero-order valence-electron chi connectivity index (χ0n) is 16.1. The monoisotopic (exact) mass is 367 g/mol. The maximum Gasteiger partial charge on any atom is 0.317 e. The van der Waals surface area contributed by atoms with Gasteiger partial charge in [0.15, 0.2) is 0 Å². The Morgan fingerprint density at radius 1 is 1.19 bits per heavy atom. The molecule has 6 nitrogen and oxygen atoms in total. The molecule has 1 aliphatic heterocycles. The first kappa shape index (κ1) is 18.0. The molecule has 6 heteroatoms. The highest BCUT2D eigenvalue weighted by molar-refractivity contribution is 5.74. The molecule has 1 aliphatic carbocycles. The molecule has 0 saturated carbocycles. The highest BCUT2D eigenvalue weighted by Gasteiger charge is 2.28. The molecule has 0 radical (unpaired) electrons. The van der Waals surface area contributed by atoms with Crippen molar-refractivity contribution in [2.45, 2.75) is 31.7 Å². The normalized spacial score (nSPS) is 20.3. The zero-order chi connectivity index (χ0) is 18.6. The second-order valence-corrected chi connectivity index (χ2v) is 7.69. The smallest absolute Gasteiger partial charge is 0.317 e. The van der Waals surface area contributed by atoms with Gasteiger partial charge in [-0.3, -0.25) is 9.58 Å². The van der Waals surface area contributed by atoms with Gasteiger partial charge in [0.1, 0.15) is 0 Å². The average molecular weight is 367 g/mol. The lowest BCUT2D eigenvalue weighted by Crippen LogP contribution is -2.55. The molecule has 1 atom stereocenters. The van der Waals surface area contributed by atoms with Crippen molar-refractivity contribution in [2.24, 2.45) is 7.05 Å². The summed E-state index contributed by atoms with van der Waals surface area (Å²) in [5.74, 6) is 0. The van der Waals surface area contributed by atoms with Crippen LogP contribution in [0.25, 0.3) is 0 Å². The number of nitrogens with one attached hydrogen (secondary N) is 1. The number of carbonyl (C=O) groups is 1. The van der Waals surface area contributed by atoms with Gasteiger partial charge in [-0.05, 0) is 42.4 Å². The van der Waals surface area contributed by atoms with Gasteiger partial charge in [0.25, 0.3) is 0 Å². The van der Waals surface area contributed by atoms with E-state index in [2.05, 4.69) is 39.6 Å². The minimum Gasteiger partial charge on any atom is -0.338 e. The van der Waals surface area contributed by atoms with Gasteiger partial charge >= 0.3 is 6.03 Å². The molecule has 144 valence electrons. The molecule has 0 bridgehead atoms. The van der Waals surface area contributed by atoms with Crippen LogP contribution in [0.3, 0.4) is 0 Å². The maximum absolute atomic E-state index is 12.4. The van der Waals surface area contributed by atoms with E-state index in [-0.39, 0.29) is 6.03 Å². The Balaban J connectivity index is 1.21. The predicted molar refractivity (Wildman–Crippen MR) is 106 cm³/mol. The number of aromatic nitrogens is 2. The molecule has 2 aromatic rings. The summed E-state index contributed by atoms with van der Waals surface area (Å²) >= 11 is 0. The van der Waals surface area contributed by atoms with E-state index in [1.807, 2.05) is 24.3 Å². The van der Waals surface area contributed by atoms with E-state index < -0.39 is 0 Å². The minimum atomic E-state index is 0.0625. The summed E-state index contributed by atoms with van der Waals surface area (Å²) in [5.41, 5.74) is 4.17. The van der Waals surface area contributed by atoms with Crippen LogP contribution in [0.4, 0.5) is 4.79 Å². The third kappa shape index (κ3) is 4.33. The van der Waals surface area contributed by atoms with Crippen molar-refractivity contribution in [3.8, 4) is 0 Å². The predicted octanol–water partition coefficient (Wildman–Crippen LogP) is 1.85. The SMILES string of the molecule is Cn1cc(CCNC(=O)N2CCN([C@H]3CCc4ccccc4C3)CC2)cn1. The lowest BCUT2D eigenvalue weighted by atomic mass is 9.87. The molecule has 1 fully saturated rings. The van der Waals surface area contributed by atoms with Gasteiger partial charge in [-0.15, -0.1) is 0 Å². The van der Waals surface area contributed by atoms with Crippen molar-refractivity contribution in [2.75, 3.05) is 32.7 Å². The second kappa shape index (κ2) is 8.13. The molecule has 1 N–H and O–H groups in total. The lowest BCUT2D eigenvalue weighted by molar-refractivity contribution is 0.101. The van der Waals surface area contributed by atoms with E-state index in [0.29, 0.717) is 12.6 Å². The Kier molecular flexibility index (Phi) is 5.43. The van der Waals surface area contributed by atoms with Gasteiger partial charge in [-0.25, -0.2) is 4.79 Å². The summed E-state index contributed by atoms with van der Waals surface area (Å²) in [6.07, 6.45) is 8.22. The van der Waals surface area contributed by atoms with E-state index in [1.54, 1.807) is 4.68 Å². The minimum absolute atomic E-state index is 0.0625. The van der Waals surface area contributed by atoms with Crippen LogP contribution in [-0.2, 0) is 26.3 Å². The number of nitrogens with zero attached hydrogens (tertiary/aromatic N) is 4. The van der Waals surface area contributed by atoms with Crippen molar-refractivity contribution in [1.29, 1.82) is 0 Å². The highest BCUT2D eigenvalue weighted by Crippen LogP contribution is 2.25. The maximum atomic E-state index is 12.4. The number of fused-ring (bicyclic) bond motifs is 1. The summed E-state index contributed by atoms with van der Waals surface area (Å²) in [4.78, 5) is 16.9. The fraction of sp³-hybridized carbons (Fsp3) is 0.524. The zero-order valence-corrected chi connectivity index (χ0v) is 16.1. The average Bonchev–Trinajstić information content (AvgIpc) is 3.12. The summed E-state index contributed by atoms with van der Waals surface area (Å²) in [7, 11) is 1.91. The van der Waals surface area contributed by atoms with Gasteiger partial charge < -0.3 is 10.2 Å². The van der Waals surface area contributed by atoms with E-state index in [9.17, 15) is 4.79 Å². The third-order valence-electron chi connectivity index (χ3n) is 5.89. The van der Waals surface area contributed by atoms with Gasteiger partial charge in [0.2, 0.25) is 0 Å². The number of amides is 2. The van der Waals surface area contributed by atoms with Crippen molar-refractivity contribution in [3.63, 3.8) is 0 Å². The van der Waals surface area contributed by atoms with Crippen LogP contribution in [0, 0.1) is 0 Å². The number of piperazine rings is 1. The molecular weight excluding hydrogens is 338 g/mol. The number of benzene rings is 1. The molecule has 2 aliphatic rings. The Morgan fingerprint density at radius 2 is 1.96 bits per heavy atom. The van der Waals surface area contributed by atoms with Crippen molar-refractivity contribution in [1.82, 2.24) is 24.9 Å². The molecule has 4 rings (SSSR count). The standard InChI is InChI=1S/C21H29N5O/c1-24-16-17(15-23-24)8-9-22-21(27)26-12-10-25(11-13-26)20-7-6-18-4-2-3-5-19(18)14-20/h2-5,15-16,20H,6-14H2,1H3,(H,22,27)/t20-/m0/s1. The van der Waals surface area contributed by atoms with Crippen LogP contribution in [-0.4, -0.2) is 64.4 Å². The van der Waals surface area contributed by atoms with Crippen LogP contribution < -0.4 is 5.32 Å². The molecule has 1 saturated heterocycles. The van der Waals surface area contributed by atoms with E-state index in [4.69, 9.17) is 0 Å². The number of rotatable bonds is 4. The van der Waals surface area contributed by atoms with Crippen molar-refractivity contribution in [3.05, 3.63) is 53.3 Å². The Morgan fingerprint density at radius 3 is 2.70 bits per heavy atom. The first-order valence-electron chi connectivity index (χ1n) is 10.00. The number of hydrogen-bond acceptors (Lipinski definition) is 3. The van der Waals surface area contributed by atoms with Crippen LogP contribution in [0.15, 0.2) is 36.7 Å². The summed E-state index contributed by atoms with van der Waals surface area (Å²) in [6, 6.07) is 9.51. The summed E-state index contributed by atoms with van der Waals surface area (Å²) < 4.78 is 1.79. The van der Waals surface area contributed by atoms with Gasteiger partial charge in [0.05, 0.1) is 6.20 Å². The van der Waals surface area contributed by atoms with E-state index in [1.165, 1.54) is 24.0 Å². The molecule has 2 heterocycles. The van der Waals surface area contributed by atoms with Crippen LogP contribution in [0.5, 0.6) is 0 Å². The number of urea groups is 1. The second-order valence-electron chi connectivity index (χ2n) is 7.69. The van der Waals surface area contributed by atoms with Gasteiger partial charge in [0, 0.05) is 52.0 Å². The molecule has 1 aromatic heterocycles. The fourth-order valence-corrected chi connectivity index (χ4v) is 4.31. The number of carbonyl (C=O) groups excluding carboxylic acids is 1. The number of hydrogen-bond donors (Lipinski definition) is 1. The molecule has 0 unspecified atom stereocenters. The topological polar surface area (TPSA) is 53.4 Å². The van der Waals surface area contributed by atoms with Crippen molar-refractivity contribution >= 4 is 6.03 Å². The molecule has 27 heavy (non-hydrogen) atoms. The Bertz CT molecular complexity index is 778. The summed E-state index contributed by atoms with van der Waals surface area (Å²) in [5, 5.41) is 7.21. The largest absolute Gasteiger partial charge is 0.338 e. The van der Waals surface area contributed by atoms with Gasteiger partial charge in [-0.2, -0.15) is 5.10 Å². The van der Waals surface area contributed by atoms with Crippen LogP contribution >= 0.6 is 0 Å². The number of aryl methyl sites for hydroxylation is 2. The van der Waals surface area contributed by atoms with Crippen molar-refractivity contribution < 1.29 is 4.79 Å². The van der Waals surface area contributed by atoms with Crippen LogP contribution in [0.1, 0.15) is 23.1 Å². The lowest BCUT2D eigenvalue weighted by Gasteiger charge is -2.41. The molecule has 1 aromatic carbocycles. The first-order valence-corrected chi connectivity index (χ1v) is 10.00. The third-order valence-corrected chi connectivity index (χ3v) is 5.89. The van der Waals surface area contributed by atoms with Crippen LogP contribution in [0.2, 0.25) is 0 Å². The summed E-state index contributed by atoms with van der Waals surface area (Å²) in [6.45, 7) is 4.24. The molecule has 2 amide bonds. The molecular formula is C21H29N5O. The van der Waals surface area contributed by atoms with E-state index >= 15 is 0 Å². The van der Waals surface area contributed by atoms with Gasteiger partial charge in [-0.1, -0.05) is 24.3 Å².